The Kier molecular flexibility index (Phi) is 7.51. The van der Waals surface area contributed by atoms with E-state index < -0.39 is 18.6 Å². The van der Waals surface area contributed by atoms with Crippen LogP contribution in [0.4, 0.5) is 0 Å². The quantitative estimate of drug-likeness (QED) is 0.358. The summed E-state index contributed by atoms with van der Waals surface area (Å²) in [6.07, 6.45) is 5.88. The number of carboxylic acids is 1. The van der Waals surface area contributed by atoms with Crippen molar-refractivity contribution in [1.82, 2.24) is 4.90 Å². The van der Waals surface area contributed by atoms with Gasteiger partial charge < -0.3 is 25.8 Å². The van der Waals surface area contributed by atoms with Gasteiger partial charge >= 0.3 is 13.1 Å². The maximum atomic E-state index is 11.4. The Hall–Kier alpha value is -0.625. The minimum absolute atomic E-state index is 0.266. The van der Waals surface area contributed by atoms with Gasteiger partial charge in [0.05, 0.1) is 0 Å². The summed E-state index contributed by atoms with van der Waals surface area (Å²) in [5.74, 6) is -0.959. The molecule has 5 N–H and O–H groups in total. The SMILES string of the molecule is N[C@](CCCCB(O)O)(CCN1CCCCC1)C(=O)O. The van der Waals surface area contributed by atoms with E-state index in [1.54, 1.807) is 0 Å². The lowest BCUT2D eigenvalue weighted by Gasteiger charge is -2.31. The van der Waals surface area contributed by atoms with Crippen molar-refractivity contribution >= 4 is 13.1 Å². The summed E-state index contributed by atoms with van der Waals surface area (Å²) in [6.45, 7) is 2.80. The van der Waals surface area contributed by atoms with Gasteiger partial charge in [-0.2, -0.15) is 0 Å². The van der Waals surface area contributed by atoms with Crippen LogP contribution in [-0.2, 0) is 4.79 Å². The molecule has 0 unspecified atom stereocenters. The molecular weight excluding hydrogens is 259 g/mol. The summed E-state index contributed by atoms with van der Waals surface area (Å²) in [5.41, 5.74) is 4.83. The molecular formula is C13H27BN2O4. The molecule has 6 nitrogen and oxygen atoms in total. The molecule has 1 saturated heterocycles. The number of hydrogen-bond donors (Lipinski definition) is 4. The predicted octanol–water partition coefficient (Wildman–Crippen LogP) is 0.288. The number of aliphatic carboxylic acids is 1. The second-order valence-electron chi connectivity index (χ2n) is 5.84. The molecule has 1 aliphatic heterocycles. The molecule has 1 aliphatic rings. The molecule has 20 heavy (non-hydrogen) atoms. The Morgan fingerprint density at radius 1 is 1.15 bits per heavy atom. The highest BCUT2D eigenvalue weighted by molar-refractivity contribution is 6.40. The smallest absolute Gasteiger partial charge is 0.451 e. The second-order valence-corrected chi connectivity index (χ2v) is 5.84. The number of carbonyl (C=O) groups is 1. The van der Waals surface area contributed by atoms with Gasteiger partial charge in [-0.1, -0.05) is 19.3 Å². The Balaban J connectivity index is 2.34. The van der Waals surface area contributed by atoms with Crippen molar-refractivity contribution < 1.29 is 19.9 Å². The largest absolute Gasteiger partial charge is 0.480 e. The molecule has 0 amide bonds. The van der Waals surface area contributed by atoms with Crippen molar-refractivity contribution in [3.05, 3.63) is 0 Å². The lowest BCUT2D eigenvalue weighted by molar-refractivity contribution is -0.144. The van der Waals surface area contributed by atoms with Gasteiger partial charge in [-0.15, -0.1) is 0 Å². The van der Waals surface area contributed by atoms with Gasteiger partial charge in [0.2, 0.25) is 0 Å². The number of piperidine rings is 1. The molecule has 1 heterocycles. The fraction of sp³-hybridized carbons (Fsp3) is 0.923. The van der Waals surface area contributed by atoms with Crippen molar-refractivity contribution in [2.45, 2.75) is 56.8 Å². The Morgan fingerprint density at radius 2 is 1.80 bits per heavy atom. The van der Waals surface area contributed by atoms with E-state index in [2.05, 4.69) is 4.90 Å². The highest BCUT2D eigenvalue weighted by Crippen LogP contribution is 2.19. The van der Waals surface area contributed by atoms with Gasteiger partial charge in [-0.05, 0) is 45.1 Å². The summed E-state index contributed by atoms with van der Waals surface area (Å²) in [7, 11) is -1.32. The van der Waals surface area contributed by atoms with Crippen LogP contribution in [0, 0.1) is 0 Å². The molecule has 0 bridgehead atoms. The van der Waals surface area contributed by atoms with Crippen LogP contribution in [0.15, 0.2) is 0 Å². The zero-order valence-electron chi connectivity index (χ0n) is 12.1. The Bertz CT molecular complexity index is 298. The van der Waals surface area contributed by atoms with Crippen LogP contribution in [0.25, 0.3) is 0 Å². The molecule has 0 saturated carbocycles. The summed E-state index contributed by atoms with van der Waals surface area (Å²) in [4.78, 5) is 13.7. The van der Waals surface area contributed by atoms with Crippen molar-refractivity contribution in [3.8, 4) is 0 Å². The van der Waals surface area contributed by atoms with Crippen molar-refractivity contribution in [3.63, 3.8) is 0 Å². The Morgan fingerprint density at radius 3 is 2.35 bits per heavy atom. The van der Waals surface area contributed by atoms with Crippen LogP contribution in [-0.4, -0.2) is 58.3 Å². The third-order valence-corrected chi connectivity index (χ3v) is 4.08. The molecule has 0 aromatic heterocycles. The van der Waals surface area contributed by atoms with E-state index in [0.717, 1.165) is 19.6 Å². The molecule has 1 fully saturated rings. The zero-order valence-corrected chi connectivity index (χ0v) is 12.1. The first-order chi connectivity index (χ1) is 9.44. The van der Waals surface area contributed by atoms with E-state index in [1.165, 1.54) is 19.3 Å². The Labute approximate surface area is 121 Å². The summed E-state index contributed by atoms with van der Waals surface area (Å²) >= 11 is 0. The molecule has 116 valence electrons. The first kappa shape index (κ1) is 17.4. The lowest BCUT2D eigenvalue weighted by Crippen LogP contribution is -2.50. The molecule has 0 spiro atoms. The van der Waals surface area contributed by atoms with E-state index in [0.29, 0.717) is 25.7 Å². The van der Waals surface area contributed by atoms with Gasteiger partial charge in [0.1, 0.15) is 5.54 Å². The minimum Gasteiger partial charge on any atom is -0.480 e. The fourth-order valence-corrected chi connectivity index (χ4v) is 2.65. The van der Waals surface area contributed by atoms with E-state index in [4.69, 9.17) is 15.8 Å². The zero-order chi connectivity index (χ0) is 15.0. The van der Waals surface area contributed by atoms with Crippen molar-refractivity contribution in [2.75, 3.05) is 19.6 Å². The highest BCUT2D eigenvalue weighted by Gasteiger charge is 2.33. The number of unbranched alkanes of at least 4 members (excludes halogenated alkanes) is 1. The molecule has 0 aromatic rings. The monoisotopic (exact) mass is 286 g/mol. The van der Waals surface area contributed by atoms with Gasteiger partial charge in [0, 0.05) is 6.54 Å². The van der Waals surface area contributed by atoms with Crippen molar-refractivity contribution in [1.29, 1.82) is 0 Å². The van der Waals surface area contributed by atoms with Crippen LogP contribution >= 0.6 is 0 Å². The van der Waals surface area contributed by atoms with Crippen molar-refractivity contribution in [2.24, 2.45) is 5.73 Å². The topological polar surface area (TPSA) is 107 Å². The number of likely N-dealkylation sites (tertiary alicyclic amines) is 1. The molecule has 0 aliphatic carbocycles. The standard InChI is InChI=1S/C13H27BN2O4/c15-13(12(17)18,6-2-3-8-14(19)20)7-11-16-9-4-1-5-10-16/h19-20H,1-11,15H2,(H,17,18)/t13-/m1/s1. The van der Waals surface area contributed by atoms with Crippen LogP contribution in [0.3, 0.4) is 0 Å². The van der Waals surface area contributed by atoms with Gasteiger partial charge in [0.25, 0.3) is 0 Å². The molecule has 1 rings (SSSR count). The predicted molar refractivity (Wildman–Crippen MR) is 78.3 cm³/mol. The fourth-order valence-electron chi connectivity index (χ4n) is 2.65. The summed E-state index contributed by atoms with van der Waals surface area (Å²) < 4.78 is 0. The maximum absolute atomic E-state index is 11.4. The third-order valence-electron chi connectivity index (χ3n) is 4.08. The van der Waals surface area contributed by atoms with Gasteiger partial charge in [-0.25, -0.2) is 0 Å². The minimum atomic E-state index is -1.32. The lowest BCUT2D eigenvalue weighted by atomic mass is 9.81. The molecule has 0 aromatic carbocycles. The van der Waals surface area contributed by atoms with Crippen LogP contribution < -0.4 is 5.73 Å². The maximum Gasteiger partial charge on any atom is 0.451 e. The average Bonchev–Trinajstić information content (AvgIpc) is 2.42. The molecule has 1 atom stereocenters. The highest BCUT2D eigenvalue weighted by atomic mass is 16.4. The van der Waals surface area contributed by atoms with E-state index in [1.807, 2.05) is 0 Å². The van der Waals surface area contributed by atoms with Crippen LogP contribution in [0.5, 0.6) is 0 Å². The number of nitrogens with two attached hydrogens (primary N) is 1. The normalized spacial score (nSPS) is 19.6. The first-order valence-electron chi connectivity index (χ1n) is 7.55. The molecule has 7 heteroatoms. The average molecular weight is 286 g/mol. The van der Waals surface area contributed by atoms with Gasteiger partial charge in [0.15, 0.2) is 0 Å². The van der Waals surface area contributed by atoms with E-state index in [-0.39, 0.29) is 6.32 Å². The van der Waals surface area contributed by atoms with E-state index >= 15 is 0 Å². The summed E-state index contributed by atoms with van der Waals surface area (Å²) in [5, 5.41) is 26.9. The summed E-state index contributed by atoms with van der Waals surface area (Å²) in [6, 6.07) is 0. The number of nitrogens with zero attached hydrogens (tertiary/aromatic N) is 1. The van der Waals surface area contributed by atoms with Crippen LogP contribution in [0.1, 0.15) is 44.9 Å². The number of rotatable bonds is 9. The third kappa shape index (κ3) is 6.22. The molecule has 0 radical (unpaired) electrons. The second kappa shape index (κ2) is 8.62. The van der Waals surface area contributed by atoms with Crippen LogP contribution in [0.2, 0.25) is 6.32 Å². The number of carboxylic acid groups (broad SMARTS) is 1. The van der Waals surface area contributed by atoms with E-state index in [9.17, 15) is 9.90 Å². The number of hydrogen-bond acceptors (Lipinski definition) is 5. The first-order valence-corrected chi connectivity index (χ1v) is 7.55. The van der Waals surface area contributed by atoms with Gasteiger partial charge in [-0.3, -0.25) is 4.79 Å².